The Morgan fingerprint density at radius 1 is 0.885 bits per heavy atom. The Bertz CT molecular complexity index is 2220. The molecular weight excluding hydrogens is 801 g/mol. The molecule has 0 aliphatic carbocycles. The highest BCUT2D eigenvalue weighted by atomic mass is 31.2. The molecule has 1 aromatic heterocycles. The Morgan fingerprint density at radius 3 is 1.97 bits per heavy atom. The van der Waals surface area contributed by atoms with Crippen molar-refractivity contribution in [3.63, 3.8) is 0 Å². The Kier molecular flexibility index (Phi) is 15.4. The molecule has 5 atom stereocenters. The van der Waals surface area contributed by atoms with Crippen LogP contribution in [0, 0.1) is 11.3 Å². The highest BCUT2D eigenvalue weighted by Gasteiger charge is 2.51. The number of hydrogen-bond donors (Lipinski definition) is 1. The molecule has 6 rings (SSSR count). The van der Waals surface area contributed by atoms with Crippen molar-refractivity contribution in [2.75, 3.05) is 32.8 Å². The Morgan fingerprint density at radius 2 is 1.44 bits per heavy atom. The number of anilines is 1. The zero-order chi connectivity index (χ0) is 43.5. The molecule has 1 aliphatic rings. The Hall–Kier alpha value is -5.52. The van der Waals surface area contributed by atoms with Gasteiger partial charge in [0.25, 0.3) is 14.4 Å². The predicted octanol–water partition coefficient (Wildman–Crippen LogP) is 8.42. The minimum atomic E-state index is -1.97. The number of rotatable bonds is 19. The molecule has 61 heavy (non-hydrogen) atoms. The van der Waals surface area contributed by atoms with E-state index < -0.39 is 50.3 Å². The third kappa shape index (κ3) is 10.3. The molecule has 1 aliphatic heterocycles. The van der Waals surface area contributed by atoms with Crippen molar-refractivity contribution in [2.45, 2.75) is 76.4 Å². The van der Waals surface area contributed by atoms with Gasteiger partial charge in [-0.05, 0) is 86.8 Å². The number of amides is 1. The summed E-state index contributed by atoms with van der Waals surface area (Å²) < 4.78 is 58.0. The zero-order valence-electron chi connectivity index (χ0n) is 35.0. The normalized spacial score (nSPS) is 18.2. The molecule has 1 unspecified atom stereocenters. The van der Waals surface area contributed by atoms with Gasteiger partial charge in [0.1, 0.15) is 35.1 Å². The van der Waals surface area contributed by atoms with Crippen LogP contribution in [-0.4, -0.2) is 78.0 Å². The molecule has 1 saturated heterocycles. The smallest absolute Gasteiger partial charge is 0.351 e. The predicted molar refractivity (Wildman–Crippen MR) is 230 cm³/mol. The van der Waals surface area contributed by atoms with Crippen LogP contribution in [0.2, 0.25) is 0 Å². The van der Waals surface area contributed by atoms with Gasteiger partial charge in [-0.2, -0.15) is 10.2 Å². The van der Waals surface area contributed by atoms with Gasteiger partial charge >= 0.3 is 5.69 Å². The van der Waals surface area contributed by atoms with Crippen LogP contribution >= 0.6 is 8.53 Å². The zero-order valence-corrected chi connectivity index (χ0v) is 35.9. The molecule has 2 heterocycles. The van der Waals surface area contributed by atoms with Gasteiger partial charge in [0.15, 0.2) is 12.4 Å². The van der Waals surface area contributed by atoms with Crippen LogP contribution in [0.25, 0.3) is 0 Å². The number of halogens is 1. The number of alkyl halides is 1. The van der Waals surface area contributed by atoms with Crippen LogP contribution in [0.5, 0.6) is 11.5 Å². The summed E-state index contributed by atoms with van der Waals surface area (Å²) >= 11 is 0. The average molecular weight is 852 g/mol. The van der Waals surface area contributed by atoms with Crippen LogP contribution in [0.15, 0.2) is 126 Å². The second kappa shape index (κ2) is 20.8. The summed E-state index contributed by atoms with van der Waals surface area (Å²) in [6, 6.07) is 36.5. The lowest BCUT2D eigenvalue weighted by molar-refractivity contribution is -0.0934. The van der Waals surface area contributed by atoms with Crippen LogP contribution in [-0.2, 0) is 24.1 Å². The van der Waals surface area contributed by atoms with E-state index >= 15 is 4.39 Å². The number of nitrogens with one attached hydrogen (secondary N) is 1. The van der Waals surface area contributed by atoms with E-state index in [0.717, 1.165) is 21.3 Å². The monoisotopic (exact) mass is 851 g/mol. The number of carbonyl (C=O) groups is 1. The summed E-state index contributed by atoms with van der Waals surface area (Å²) in [5, 5.41) is 12.0. The number of benzene rings is 4. The van der Waals surface area contributed by atoms with E-state index in [1.807, 2.05) is 111 Å². The molecule has 1 fully saturated rings. The largest absolute Gasteiger partial charge is 0.497 e. The summed E-state index contributed by atoms with van der Waals surface area (Å²) in [5.74, 6) is 0.814. The first-order valence-corrected chi connectivity index (χ1v) is 21.1. The van der Waals surface area contributed by atoms with Gasteiger partial charge in [-0.25, -0.2) is 13.9 Å². The van der Waals surface area contributed by atoms with E-state index in [1.54, 1.807) is 44.6 Å². The lowest BCUT2D eigenvalue weighted by atomic mass is 9.80. The fourth-order valence-electron chi connectivity index (χ4n) is 7.31. The number of nitriles is 1. The second-order valence-electron chi connectivity index (χ2n) is 14.8. The molecule has 0 spiro atoms. The molecule has 5 aromatic rings. The van der Waals surface area contributed by atoms with E-state index in [4.69, 9.17) is 28.0 Å². The van der Waals surface area contributed by atoms with Gasteiger partial charge in [-0.3, -0.25) is 9.36 Å². The highest BCUT2D eigenvalue weighted by Crippen LogP contribution is 2.51. The maximum Gasteiger partial charge on any atom is 0.351 e. The molecule has 13 nitrogen and oxygen atoms in total. The maximum absolute atomic E-state index is 17.4. The standard InChI is InChI=1S/C46H51FN5O8P/c1-31(2)52(32(3)4)61(58-29-13-27-48)60-42-39(59-44(41(42)47)51-28-26-40(50-45(51)54)49-43(53)33-14-9-7-10-15-33)30-57-46(34-16-11-8-12-17-34,35-18-22-37(55-5)23-19-35)36-20-24-38(56-6)25-21-36/h7-12,14-26,28,31-32,39,41-42,44H,13,29-30H2,1-6H3,(H,49,50,53,54)/t39-,41+,42-,44-,61?/m1/s1. The third-order valence-corrected chi connectivity index (χ3v) is 12.3. The SMILES string of the molecule is COc1ccc(C(OC[C@H]2O[C@@H](n3ccc(NC(=O)c4ccccc4)nc3=O)[C@@H](F)[C@@H]2OP(OCCC#N)N(C(C)C)C(C)C)(c2ccccc2)c2ccc(OC)cc2)cc1. The number of nitrogens with zero attached hydrogens (tertiary/aromatic N) is 4. The summed E-state index contributed by atoms with van der Waals surface area (Å²) in [6.07, 6.45) is -4.46. The summed E-state index contributed by atoms with van der Waals surface area (Å²) in [7, 11) is 1.22. The lowest BCUT2D eigenvalue weighted by Crippen LogP contribution is -2.41. The van der Waals surface area contributed by atoms with Crippen LogP contribution in [0.1, 0.15) is 67.4 Å². The van der Waals surface area contributed by atoms with Gasteiger partial charge in [0.05, 0.1) is 39.9 Å². The summed E-state index contributed by atoms with van der Waals surface area (Å²) in [5.41, 5.74) is 0.498. The van der Waals surface area contributed by atoms with E-state index in [-0.39, 0.29) is 37.5 Å². The van der Waals surface area contributed by atoms with E-state index in [0.29, 0.717) is 17.1 Å². The van der Waals surface area contributed by atoms with E-state index in [2.05, 4.69) is 16.4 Å². The summed E-state index contributed by atoms with van der Waals surface area (Å²) in [4.78, 5) is 30.6. The number of hydrogen-bond acceptors (Lipinski definition) is 11. The first kappa shape index (κ1) is 45.0. The second-order valence-corrected chi connectivity index (χ2v) is 16.2. The molecule has 1 amide bonds. The summed E-state index contributed by atoms with van der Waals surface area (Å²) in [6.45, 7) is 7.75. The average Bonchev–Trinajstić information content (AvgIpc) is 3.58. The Labute approximate surface area is 356 Å². The number of aromatic nitrogens is 2. The van der Waals surface area contributed by atoms with Crippen molar-refractivity contribution in [1.29, 1.82) is 5.26 Å². The number of ether oxygens (including phenoxy) is 4. The maximum atomic E-state index is 17.4. The van der Waals surface area contributed by atoms with Gasteiger partial charge in [-0.1, -0.05) is 72.8 Å². The van der Waals surface area contributed by atoms with E-state index in [9.17, 15) is 14.9 Å². The Balaban J connectivity index is 1.42. The fourth-order valence-corrected chi connectivity index (χ4v) is 9.08. The van der Waals surface area contributed by atoms with Gasteiger partial charge in [0, 0.05) is 23.8 Å². The molecule has 4 aromatic carbocycles. The van der Waals surface area contributed by atoms with Crippen LogP contribution in [0.3, 0.4) is 0 Å². The van der Waals surface area contributed by atoms with Crippen LogP contribution in [0.4, 0.5) is 10.2 Å². The lowest BCUT2D eigenvalue weighted by Gasteiger charge is -2.39. The molecule has 15 heteroatoms. The molecule has 0 bridgehead atoms. The number of carbonyl (C=O) groups excluding carboxylic acids is 1. The molecule has 1 N–H and O–H groups in total. The highest BCUT2D eigenvalue weighted by molar-refractivity contribution is 7.44. The first-order valence-electron chi connectivity index (χ1n) is 20.0. The van der Waals surface area contributed by atoms with Crippen molar-refractivity contribution in [1.82, 2.24) is 14.2 Å². The van der Waals surface area contributed by atoms with Crippen molar-refractivity contribution in [3.8, 4) is 17.6 Å². The molecule has 0 saturated carbocycles. The van der Waals surface area contributed by atoms with Gasteiger partial charge < -0.3 is 33.3 Å². The van der Waals surface area contributed by atoms with Crippen molar-refractivity contribution in [2.24, 2.45) is 0 Å². The third-order valence-electron chi connectivity index (χ3n) is 10.2. The van der Waals surface area contributed by atoms with E-state index in [1.165, 1.54) is 12.3 Å². The topological polar surface area (TPSA) is 146 Å². The minimum absolute atomic E-state index is 0.0123. The molecule has 320 valence electrons. The van der Waals surface area contributed by atoms with Crippen LogP contribution < -0.4 is 20.5 Å². The van der Waals surface area contributed by atoms with Crippen molar-refractivity contribution >= 4 is 20.3 Å². The minimum Gasteiger partial charge on any atom is -0.497 e. The molecular formula is C46H51FN5O8P. The molecule has 0 radical (unpaired) electrons. The fraction of sp³-hybridized carbons (Fsp3) is 0.348. The first-order chi connectivity index (χ1) is 29.5. The quantitative estimate of drug-likeness (QED) is 0.0485. The van der Waals surface area contributed by atoms with Crippen molar-refractivity contribution in [3.05, 3.63) is 154 Å². The van der Waals surface area contributed by atoms with Gasteiger partial charge in [-0.15, -0.1) is 0 Å². The number of methoxy groups -OCH3 is 2. The van der Waals surface area contributed by atoms with Crippen molar-refractivity contribution < 1.29 is 37.2 Å². The van der Waals surface area contributed by atoms with Gasteiger partial charge in [0.2, 0.25) is 0 Å².